The first-order chi connectivity index (χ1) is 6.49. The second-order valence-electron chi connectivity index (χ2n) is 3.14. The Morgan fingerprint density at radius 3 is 2.36 bits per heavy atom. The smallest absolute Gasteiger partial charge is 0.335 e. The number of H-pyrrole nitrogens is 1. The Bertz CT molecular complexity index is 434. The molecule has 5 heteroatoms. The standard InChI is InChI=1S/C9H12N2O3/c1-4-7-5(2)10-6(3)8(9(7)12)11(13)14/h4H2,1-3H3,(H,10,12). The predicted octanol–water partition coefficient (Wildman–Crippen LogP) is 1.46. The molecule has 0 aliphatic rings. The van der Waals surface area contributed by atoms with Crippen LogP contribution in [0.4, 0.5) is 5.69 Å². The quantitative estimate of drug-likeness (QED) is 0.574. The van der Waals surface area contributed by atoms with Gasteiger partial charge in [0.25, 0.3) is 5.43 Å². The van der Waals surface area contributed by atoms with Gasteiger partial charge in [-0.2, -0.15) is 0 Å². The highest BCUT2D eigenvalue weighted by molar-refractivity contribution is 5.40. The molecule has 0 aliphatic heterocycles. The lowest BCUT2D eigenvalue weighted by atomic mass is 10.1. The first-order valence-corrected chi connectivity index (χ1v) is 4.35. The number of hydrogen-bond acceptors (Lipinski definition) is 3. The third-order valence-electron chi connectivity index (χ3n) is 2.21. The molecule has 0 bridgehead atoms. The SMILES string of the molecule is CCc1c(C)[nH]c(C)c([N+](=O)[O-])c1=O. The van der Waals surface area contributed by atoms with Gasteiger partial charge in [0.2, 0.25) is 0 Å². The van der Waals surface area contributed by atoms with E-state index in [2.05, 4.69) is 4.98 Å². The Kier molecular flexibility index (Phi) is 2.69. The van der Waals surface area contributed by atoms with Gasteiger partial charge in [0.05, 0.1) is 10.6 Å². The molecule has 1 aromatic heterocycles. The van der Waals surface area contributed by atoms with Crippen molar-refractivity contribution in [2.45, 2.75) is 27.2 Å². The molecule has 1 rings (SSSR count). The number of nitrogens with zero attached hydrogens (tertiary/aromatic N) is 1. The van der Waals surface area contributed by atoms with Gasteiger partial charge in [0, 0.05) is 11.3 Å². The summed E-state index contributed by atoms with van der Waals surface area (Å²) in [5.74, 6) is 0. The number of hydrogen-bond donors (Lipinski definition) is 1. The van der Waals surface area contributed by atoms with E-state index in [4.69, 9.17) is 0 Å². The molecule has 0 unspecified atom stereocenters. The lowest BCUT2D eigenvalue weighted by Gasteiger charge is -2.04. The predicted molar refractivity (Wildman–Crippen MR) is 52.6 cm³/mol. The van der Waals surface area contributed by atoms with E-state index >= 15 is 0 Å². The van der Waals surface area contributed by atoms with Gasteiger partial charge in [-0.15, -0.1) is 0 Å². The number of pyridine rings is 1. The number of nitro groups is 1. The lowest BCUT2D eigenvalue weighted by molar-refractivity contribution is -0.386. The summed E-state index contributed by atoms with van der Waals surface area (Å²) >= 11 is 0. The highest BCUT2D eigenvalue weighted by Crippen LogP contribution is 2.13. The van der Waals surface area contributed by atoms with Crippen LogP contribution in [0.25, 0.3) is 0 Å². The topological polar surface area (TPSA) is 76.0 Å². The molecule has 0 spiro atoms. The van der Waals surface area contributed by atoms with Crippen LogP contribution in [0.2, 0.25) is 0 Å². The Labute approximate surface area is 80.9 Å². The second-order valence-corrected chi connectivity index (χ2v) is 3.14. The molecule has 14 heavy (non-hydrogen) atoms. The van der Waals surface area contributed by atoms with E-state index in [0.29, 0.717) is 23.4 Å². The largest absolute Gasteiger partial charge is 0.357 e. The van der Waals surface area contributed by atoms with Crippen molar-refractivity contribution in [2.24, 2.45) is 0 Å². The van der Waals surface area contributed by atoms with Crippen molar-refractivity contribution in [1.82, 2.24) is 4.98 Å². The van der Waals surface area contributed by atoms with Gasteiger partial charge in [0.15, 0.2) is 0 Å². The van der Waals surface area contributed by atoms with Crippen molar-refractivity contribution >= 4 is 5.69 Å². The average molecular weight is 196 g/mol. The summed E-state index contributed by atoms with van der Waals surface area (Å²) in [7, 11) is 0. The Morgan fingerprint density at radius 1 is 1.36 bits per heavy atom. The summed E-state index contributed by atoms with van der Waals surface area (Å²) in [6.07, 6.45) is 0.502. The zero-order valence-electron chi connectivity index (χ0n) is 8.38. The van der Waals surface area contributed by atoms with Crippen molar-refractivity contribution in [1.29, 1.82) is 0 Å². The molecule has 1 heterocycles. The highest BCUT2D eigenvalue weighted by Gasteiger charge is 2.20. The zero-order chi connectivity index (χ0) is 10.9. The lowest BCUT2D eigenvalue weighted by Crippen LogP contribution is -2.17. The van der Waals surface area contributed by atoms with Crippen LogP contribution in [-0.2, 0) is 6.42 Å². The van der Waals surface area contributed by atoms with E-state index in [9.17, 15) is 14.9 Å². The van der Waals surface area contributed by atoms with Gasteiger partial charge >= 0.3 is 5.69 Å². The van der Waals surface area contributed by atoms with Crippen LogP contribution >= 0.6 is 0 Å². The minimum Gasteiger partial charge on any atom is -0.357 e. The minimum absolute atomic E-state index is 0.315. The third-order valence-corrected chi connectivity index (χ3v) is 2.21. The van der Waals surface area contributed by atoms with Gasteiger partial charge in [-0.05, 0) is 20.3 Å². The molecule has 1 N–H and O–H groups in total. The van der Waals surface area contributed by atoms with Crippen molar-refractivity contribution in [3.05, 3.63) is 37.3 Å². The first kappa shape index (κ1) is 10.4. The average Bonchev–Trinajstić information content (AvgIpc) is 2.02. The van der Waals surface area contributed by atoms with Crippen LogP contribution in [0.5, 0.6) is 0 Å². The van der Waals surface area contributed by atoms with E-state index in [-0.39, 0.29) is 5.69 Å². The summed E-state index contributed by atoms with van der Waals surface area (Å²) in [6.45, 7) is 5.08. The van der Waals surface area contributed by atoms with Gasteiger partial charge in [-0.3, -0.25) is 14.9 Å². The first-order valence-electron chi connectivity index (χ1n) is 4.35. The monoisotopic (exact) mass is 196 g/mol. The molecule has 76 valence electrons. The second kappa shape index (κ2) is 3.61. The number of aromatic amines is 1. The molecular weight excluding hydrogens is 184 g/mol. The Hall–Kier alpha value is -1.65. The number of rotatable bonds is 2. The minimum atomic E-state index is -0.632. The summed E-state index contributed by atoms with van der Waals surface area (Å²) < 4.78 is 0. The molecule has 0 radical (unpaired) electrons. The molecule has 0 aliphatic carbocycles. The molecule has 0 atom stereocenters. The van der Waals surface area contributed by atoms with E-state index in [1.54, 1.807) is 13.8 Å². The molecule has 0 saturated heterocycles. The van der Waals surface area contributed by atoms with Crippen molar-refractivity contribution in [3.63, 3.8) is 0 Å². The fraction of sp³-hybridized carbons (Fsp3) is 0.444. The van der Waals surface area contributed by atoms with E-state index in [0.717, 1.165) is 0 Å². The molecular formula is C9H12N2O3. The van der Waals surface area contributed by atoms with Crippen LogP contribution in [0.1, 0.15) is 23.9 Å². The van der Waals surface area contributed by atoms with Gasteiger partial charge < -0.3 is 4.98 Å². The molecule has 0 fully saturated rings. The number of aryl methyl sites for hydroxylation is 2. The molecule has 0 aromatic carbocycles. The van der Waals surface area contributed by atoms with Gasteiger partial charge in [0.1, 0.15) is 0 Å². The highest BCUT2D eigenvalue weighted by atomic mass is 16.6. The van der Waals surface area contributed by atoms with Crippen LogP contribution < -0.4 is 5.43 Å². The van der Waals surface area contributed by atoms with Crippen molar-refractivity contribution in [2.75, 3.05) is 0 Å². The molecule has 0 saturated carbocycles. The van der Waals surface area contributed by atoms with E-state index in [1.807, 2.05) is 0 Å². The maximum Gasteiger partial charge on any atom is 0.335 e. The van der Waals surface area contributed by atoms with E-state index < -0.39 is 10.4 Å². The zero-order valence-corrected chi connectivity index (χ0v) is 8.38. The molecule has 0 amide bonds. The van der Waals surface area contributed by atoms with Crippen LogP contribution in [-0.4, -0.2) is 9.91 Å². The number of nitrogens with one attached hydrogen (secondary N) is 1. The summed E-state index contributed by atoms with van der Waals surface area (Å²) in [6, 6.07) is 0. The van der Waals surface area contributed by atoms with Gasteiger partial charge in [-0.1, -0.05) is 6.92 Å². The molecule has 1 aromatic rings. The third kappa shape index (κ3) is 1.53. The maximum atomic E-state index is 11.6. The summed E-state index contributed by atoms with van der Waals surface area (Å²) in [5, 5.41) is 10.6. The maximum absolute atomic E-state index is 11.6. The fourth-order valence-corrected chi connectivity index (χ4v) is 1.54. The summed E-state index contributed by atoms with van der Waals surface area (Å²) in [4.78, 5) is 24.4. The summed E-state index contributed by atoms with van der Waals surface area (Å²) in [5.41, 5.74) is 0.705. The van der Waals surface area contributed by atoms with Crippen LogP contribution in [0.15, 0.2) is 4.79 Å². The van der Waals surface area contributed by atoms with Crippen LogP contribution in [0, 0.1) is 24.0 Å². The number of aromatic nitrogens is 1. The Balaban J connectivity index is 3.61. The fourth-order valence-electron chi connectivity index (χ4n) is 1.54. The Morgan fingerprint density at radius 2 is 1.93 bits per heavy atom. The normalized spacial score (nSPS) is 10.2. The van der Waals surface area contributed by atoms with Gasteiger partial charge in [-0.25, -0.2) is 0 Å². The van der Waals surface area contributed by atoms with E-state index in [1.165, 1.54) is 6.92 Å². The van der Waals surface area contributed by atoms with Crippen molar-refractivity contribution < 1.29 is 4.92 Å². The molecule has 5 nitrogen and oxygen atoms in total. The van der Waals surface area contributed by atoms with Crippen LogP contribution in [0.3, 0.4) is 0 Å². The van der Waals surface area contributed by atoms with Crippen molar-refractivity contribution in [3.8, 4) is 0 Å².